The highest BCUT2D eigenvalue weighted by atomic mass is 19.1. The van der Waals surface area contributed by atoms with E-state index >= 15 is 0 Å². The summed E-state index contributed by atoms with van der Waals surface area (Å²) in [6, 6.07) is 3.50. The van der Waals surface area contributed by atoms with Gasteiger partial charge in [-0.05, 0) is 18.2 Å². The fourth-order valence-corrected chi connectivity index (χ4v) is 1.73. The van der Waals surface area contributed by atoms with Crippen LogP contribution in [-0.4, -0.2) is 19.8 Å². The molecule has 16 heavy (non-hydrogen) atoms. The molecule has 2 rings (SSSR count). The molecule has 1 aromatic rings. The zero-order chi connectivity index (χ0) is 11.6. The Morgan fingerprint density at radius 1 is 1.38 bits per heavy atom. The zero-order valence-corrected chi connectivity index (χ0v) is 9.22. The minimum atomic E-state index is -0.406. The molecule has 0 atom stereocenters. The van der Waals surface area contributed by atoms with Gasteiger partial charge in [-0.2, -0.15) is 0 Å². The Hall–Kier alpha value is -1.00. The summed E-state index contributed by atoms with van der Waals surface area (Å²) in [6.07, 6.45) is 0. The summed E-state index contributed by atoms with van der Waals surface area (Å²) in [7, 11) is 0. The summed E-state index contributed by atoms with van der Waals surface area (Å²) in [5.74, 6) is -0.777. The Morgan fingerprint density at radius 2 is 2.12 bits per heavy atom. The van der Waals surface area contributed by atoms with E-state index in [4.69, 9.17) is 4.74 Å². The third-order valence-electron chi connectivity index (χ3n) is 2.78. The lowest BCUT2D eigenvalue weighted by atomic mass is 9.89. The van der Waals surface area contributed by atoms with Crippen molar-refractivity contribution in [2.75, 3.05) is 19.8 Å². The quantitative estimate of drug-likeness (QED) is 0.850. The van der Waals surface area contributed by atoms with Gasteiger partial charge in [-0.15, -0.1) is 0 Å². The molecule has 1 fully saturated rings. The Morgan fingerprint density at radius 3 is 2.75 bits per heavy atom. The molecule has 1 aromatic carbocycles. The first-order chi connectivity index (χ1) is 7.59. The van der Waals surface area contributed by atoms with Crippen LogP contribution in [0.5, 0.6) is 0 Å². The van der Waals surface area contributed by atoms with Gasteiger partial charge in [-0.3, -0.25) is 0 Å². The van der Waals surface area contributed by atoms with Gasteiger partial charge in [0.15, 0.2) is 0 Å². The van der Waals surface area contributed by atoms with Crippen LogP contribution in [0.25, 0.3) is 0 Å². The standard InChI is InChI=1S/C12H15F2NO/c1-12(7-16-8-12)6-15-5-9-4-10(13)2-3-11(9)14/h2-4,15H,5-8H2,1H3. The monoisotopic (exact) mass is 227 g/mol. The largest absolute Gasteiger partial charge is 0.380 e. The third-order valence-corrected chi connectivity index (χ3v) is 2.78. The average molecular weight is 227 g/mol. The van der Waals surface area contributed by atoms with Crippen molar-refractivity contribution in [3.8, 4) is 0 Å². The SMILES string of the molecule is CC1(CNCc2cc(F)ccc2F)COC1. The number of ether oxygens (including phenoxy) is 1. The van der Waals surface area contributed by atoms with E-state index < -0.39 is 5.82 Å². The number of benzene rings is 1. The van der Waals surface area contributed by atoms with Crippen molar-refractivity contribution in [3.63, 3.8) is 0 Å². The predicted molar refractivity (Wildman–Crippen MR) is 57.0 cm³/mol. The van der Waals surface area contributed by atoms with Crippen molar-refractivity contribution < 1.29 is 13.5 Å². The summed E-state index contributed by atoms with van der Waals surface area (Å²) in [4.78, 5) is 0. The maximum atomic E-state index is 13.3. The summed E-state index contributed by atoms with van der Waals surface area (Å²) in [5.41, 5.74) is 0.507. The molecule has 1 saturated heterocycles. The minimum absolute atomic E-state index is 0.143. The molecule has 1 heterocycles. The van der Waals surface area contributed by atoms with Crippen LogP contribution in [0.4, 0.5) is 8.78 Å². The van der Waals surface area contributed by atoms with Gasteiger partial charge in [0, 0.05) is 24.1 Å². The number of halogens is 2. The lowest BCUT2D eigenvalue weighted by Gasteiger charge is -2.38. The van der Waals surface area contributed by atoms with Crippen LogP contribution in [0.2, 0.25) is 0 Å². The van der Waals surface area contributed by atoms with Crippen molar-refractivity contribution in [1.82, 2.24) is 5.32 Å². The summed E-state index contributed by atoms with van der Waals surface area (Å²) >= 11 is 0. The zero-order valence-electron chi connectivity index (χ0n) is 9.22. The van der Waals surface area contributed by atoms with Crippen molar-refractivity contribution in [1.29, 1.82) is 0 Å². The molecule has 88 valence electrons. The Kier molecular flexibility index (Phi) is 3.21. The molecule has 0 radical (unpaired) electrons. The van der Waals surface area contributed by atoms with Crippen LogP contribution >= 0.6 is 0 Å². The Labute approximate surface area is 93.6 Å². The van der Waals surface area contributed by atoms with E-state index in [1.165, 1.54) is 6.07 Å². The van der Waals surface area contributed by atoms with Crippen LogP contribution < -0.4 is 5.32 Å². The molecule has 0 bridgehead atoms. The van der Waals surface area contributed by atoms with Crippen molar-refractivity contribution in [2.24, 2.45) is 5.41 Å². The Balaban J connectivity index is 1.87. The summed E-state index contributed by atoms with van der Waals surface area (Å²) in [5, 5.41) is 3.13. The Bertz CT molecular complexity index is 377. The molecule has 0 amide bonds. The lowest BCUT2D eigenvalue weighted by molar-refractivity contribution is -0.0991. The highest BCUT2D eigenvalue weighted by molar-refractivity contribution is 5.18. The van der Waals surface area contributed by atoms with Crippen LogP contribution in [0.3, 0.4) is 0 Å². The molecule has 0 aliphatic carbocycles. The van der Waals surface area contributed by atoms with Gasteiger partial charge < -0.3 is 10.1 Å². The van der Waals surface area contributed by atoms with Crippen LogP contribution in [0.15, 0.2) is 18.2 Å². The van der Waals surface area contributed by atoms with Gasteiger partial charge >= 0.3 is 0 Å². The second kappa shape index (κ2) is 4.47. The van der Waals surface area contributed by atoms with Crippen LogP contribution in [0, 0.1) is 17.0 Å². The first-order valence-corrected chi connectivity index (χ1v) is 5.31. The minimum Gasteiger partial charge on any atom is -0.380 e. The molecule has 4 heteroatoms. The number of hydrogen-bond donors (Lipinski definition) is 1. The van der Waals surface area contributed by atoms with Gasteiger partial charge in [0.1, 0.15) is 11.6 Å². The second-order valence-electron chi connectivity index (χ2n) is 4.64. The first kappa shape index (κ1) is 11.5. The van der Waals surface area contributed by atoms with E-state index in [9.17, 15) is 8.78 Å². The van der Waals surface area contributed by atoms with E-state index in [1.807, 2.05) is 0 Å². The normalized spacial score (nSPS) is 18.2. The maximum Gasteiger partial charge on any atom is 0.127 e. The third kappa shape index (κ3) is 2.57. The number of hydrogen-bond acceptors (Lipinski definition) is 2. The first-order valence-electron chi connectivity index (χ1n) is 5.31. The highest BCUT2D eigenvalue weighted by Gasteiger charge is 2.32. The second-order valence-corrected chi connectivity index (χ2v) is 4.64. The van der Waals surface area contributed by atoms with Crippen molar-refractivity contribution in [2.45, 2.75) is 13.5 Å². The van der Waals surface area contributed by atoms with Crippen molar-refractivity contribution in [3.05, 3.63) is 35.4 Å². The van der Waals surface area contributed by atoms with Gasteiger partial charge in [0.05, 0.1) is 13.2 Å². The topological polar surface area (TPSA) is 21.3 Å². The molecular formula is C12H15F2NO. The van der Waals surface area contributed by atoms with Gasteiger partial charge in [-0.1, -0.05) is 6.92 Å². The number of nitrogens with one attached hydrogen (secondary N) is 1. The molecule has 1 aliphatic rings. The van der Waals surface area contributed by atoms with Crippen LogP contribution in [0.1, 0.15) is 12.5 Å². The summed E-state index contributed by atoms with van der Waals surface area (Å²) < 4.78 is 31.2. The molecule has 1 N–H and O–H groups in total. The van der Waals surface area contributed by atoms with E-state index in [0.29, 0.717) is 12.1 Å². The van der Waals surface area contributed by atoms with Gasteiger partial charge in [-0.25, -0.2) is 8.78 Å². The number of rotatable bonds is 4. The van der Waals surface area contributed by atoms with Gasteiger partial charge in [0.2, 0.25) is 0 Å². The fourth-order valence-electron chi connectivity index (χ4n) is 1.73. The van der Waals surface area contributed by atoms with E-state index in [1.54, 1.807) is 0 Å². The average Bonchev–Trinajstić information content (AvgIpc) is 2.21. The summed E-state index contributed by atoms with van der Waals surface area (Å²) in [6.45, 7) is 4.66. The molecule has 2 nitrogen and oxygen atoms in total. The smallest absolute Gasteiger partial charge is 0.127 e. The maximum absolute atomic E-state index is 13.3. The van der Waals surface area contributed by atoms with E-state index in [0.717, 1.165) is 31.9 Å². The molecule has 1 aliphatic heterocycles. The van der Waals surface area contributed by atoms with E-state index in [2.05, 4.69) is 12.2 Å². The molecule has 0 unspecified atom stereocenters. The molecular weight excluding hydrogens is 212 g/mol. The molecule has 0 spiro atoms. The fraction of sp³-hybridized carbons (Fsp3) is 0.500. The van der Waals surface area contributed by atoms with Crippen molar-refractivity contribution >= 4 is 0 Å². The molecule has 0 aromatic heterocycles. The lowest BCUT2D eigenvalue weighted by Crippen LogP contribution is -2.47. The highest BCUT2D eigenvalue weighted by Crippen LogP contribution is 2.25. The van der Waals surface area contributed by atoms with Crippen LogP contribution in [-0.2, 0) is 11.3 Å². The predicted octanol–water partition coefficient (Wildman–Crippen LogP) is 2.09. The molecule has 0 saturated carbocycles. The van der Waals surface area contributed by atoms with E-state index in [-0.39, 0.29) is 11.2 Å². The van der Waals surface area contributed by atoms with Gasteiger partial charge in [0.25, 0.3) is 0 Å².